The van der Waals surface area contributed by atoms with Crippen LogP contribution in [0.25, 0.3) is 0 Å². The molecule has 3 N–H and O–H groups in total. The summed E-state index contributed by atoms with van der Waals surface area (Å²) in [5.41, 5.74) is 5.83. The monoisotopic (exact) mass is 304 g/mol. The summed E-state index contributed by atoms with van der Waals surface area (Å²) in [4.78, 5) is 12.2. The van der Waals surface area contributed by atoms with Crippen LogP contribution in [0.4, 0.5) is 5.69 Å². The van der Waals surface area contributed by atoms with E-state index in [1.807, 2.05) is 42.5 Å². The molecule has 2 rings (SSSR count). The average Bonchev–Trinajstić information content (AvgIpc) is 2.49. The maximum Gasteiger partial charge on any atom is 0.250 e. The first-order valence-corrected chi connectivity index (χ1v) is 6.85. The largest absolute Gasteiger partial charge is 0.381 e. The van der Waals surface area contributed by atoms with E-state index >= 15 is 0 Å². The quantitative estimate of drug-likeness (QED) is 0.862. The highest BCUT2D eigenvalue weighted by atomic mass is 35.5. The number of hydrogen-bond donors (Lipinski definition) is 2. The Labute approximate surface area is 128 Å². The summed E-state index contributed by atoms with van der Waals surface area (Å²) in [7, 11) is 1.52. The van der Waals surface area contributed by atoms with Gasteiger partial charge in [0.2, 0.25) is 5.91 Å². The second-order valence-electron chi connectivity index (χ2n) is 4.67. The molecule has 0 radical (unpaired) electrons. The van der Waals surface area contributed by atoms with Crippen molar-refractivity contribution in [2.45, 2.75) is 5.54 Å². The van der Waals surface area contributed by atoms with Gasteiger partial charge in [-0.15, -0.1) is 0 Å². The van der Waals surface area contributed by atoms with Crippen LogP contribution in [-0.4, -0.2) is 19.6 Å². The van der Waals surface area contributed by atoms with Crippen molar-refractivity contribution in [3.8, 4) is 0 Å². The molecule has 0 saturated heterocycles. The van der Waals surface area contributed by atoms with Gasteiger partial charge in [0.1, 0.15) is 0 Å². The van der Waals surface area contributed by atoms with Gasteiger partial charge in [-0.1, -0.05) is 54.1 Å². The van der Waals surface area contributed by atoms with Gasteiger partial charge in [0, 0.05) is 7.11 Å². The van der Waals surface area contributed by atoms with E-state index in [1.165, 1.54) is 7.11 Å². The van der Waals surface area contributed by atoms with Gasteiger partial charge in [0.25, 0.3) is 0 Å². The van der Waals surface area contributed by atoms with Crippen LogP contribution >= 0.6 is 11.6 Å². The van der Waals surface area contributed by atoms with E-state index in [4.69, 9.17) is 22.1 Å². The van der Waals surface area contributed by atoms with Crippen molar-refractivity contribution < 1.29 is 9.53 Å². The van der Waals surface area contributed by atoms with Crippen LogP contribution in [-0.2, 0) is 15.1 Å². The molecule has 0 aliphatic heterocycles. The van der Waals surface area contributed by atoms with Crippen LogP contribution in [0.3, 0.4) is 0 Å². The number of methoxy groups -OCH3 is 1. The molecule has 5 heteroatoms. The van der Waals surface area contributed by atoms with Gasteiger partial charge in [-0.2, -0.15) is 0 Å². The third-order valence-electron chi connectivity index (χ3n) is 3.27. The fourth-order valence-electron chi connectivity index (χ4n) is 2.20. The summed E-state index contributed by atoms with van der Waals surface area (Å²) in [5.74, 6) is -0.532. The molecule has 0 spiro atoms. The number of hydrogen-bond acceptors (Lipinski definition) is 3. The number of nitrogens with one attached hydrogen (secondary N) is 1. The number of carbonyl (C=O) groups is 1. The Hall–Kier alpha value is -2.04. The zero-order chi connectivity index (χ0) is 15.3. The molecule has 2 aromatic carbocycles. The predicted octanol–water partition coefficient (Wildman–Crippen LogP) is 2.78. The second-order valence-corrected chi connectivity index (χ2v) is 5.08. The molecule has 1 amide bonds. The molecule has 0 aliphatic rings. The van der Waals surface area contributed by atoms with Gasteiger partial charge < -0.3 is 15.8 Å². The van der Waals surface area contributed by atoms with Gasteiger partial charge in [0.15, 0.2) is 5.54 Å². The molecule has 4 nitrogen and oxygen atoms in total. The lowest BCUT2D eigenvalue weighted by Gasteiger charge is -2.32. The molecule has 0 aromatic heterocycles. The normalized spacial score (nSPS) is 13.4. The average molecular weight is 305 g/mol. The second kappa shape index (κ2) is 6.61. The van der Waals surface area contributed by atoms with Crippen molar-refractivity contribution in [3.63, 3.8) is 0 Å². The Morgan fingerprint density at radius 2 is 1.81 bits per heavy atom. The summed E-state index contributed by atoms with van der Waals surface area (Å²) in [6, 6.07) is 16.4. The highest BCUT2D eigenvalue weighted by Crippen LogP contribution is 2.30. The van der Waals surface area contributed by atoms with Gasteiger partial charge >= 0.3 is 0 Å². The van der Waals surface area contributed by atoms with Crippen LogP contribution < -0.4 is 11.1 Å². The Morgan fingerprint density at radius 3 is 2.38 bits per heavy atom. The molecule has 0 fully saturated rings. The van der Waals surface area contributed by atoms with Crippen LogP contribution in [0, 0.1) is 0 Å². The van der Waals surface area contributed by atoms with Crippen molar-refractivity contribution in [1.29, 1.82) is 0 Å². The summed E-state index contributed by atoms with van der Waals surface area (Å²) >= 11 is 6.17. The lowest BCUT2D eigenvalue weighted by Crippen LogP contribution is -2.51. The summed E-state index contributed by atoms with van der Waals surface area (Å²) in [6.45, 7) is 0.0948. The number of carbonyl (C=O) groups excluding carboxylic acids is 1. The number of para-hydroxylation sites is 1. The Bertz CT molecular complexity index is 619. The third kappa shape index (κ3) is 3.17. The molecule has 21 heavy (non-hydrogen) atoms. The van der Waals surface area contributed by atoms with E-state index in [1.54, 1.807) is 12.1 Å². The number of halogens is 1. The third-order valence-corrected chi connectivity index (χ3v) is 3.60. The lowest BCUT2D eigenvalue weighted by molar-refractivity contribution is -0.124. The minimum Gasteiger partial charge on any atom is -0.381 e. The number of nitrogens with two attached hydrogens (primary N) is 1. The zero-order valence-electron chi connectivity index (χ0n) is 11.7. The fraction of sp³-hybridized carbons (Fsp3) is 0.188. The maximum atomic E-state index is 12.2. The zero-order valence-corrected chi connectivity index (χ0v) is 12.4. The lowest BCUT2D eigenvalue weighted by atomic mass is 9.89. The molecule has 0 aliphatic carbocycles. The maximum absolute atomic E-state index is 12.2. The van der Waals surface area contributed by atoms with E-state index in [-0.39, 0.29) is 6.61 Å². The molecular weight excluding hydrogens is 288 g/mol. The number of benzene rings is 2. The molecule has 2 aromatic rings. The summed E-state index contributed by atoms with van der Waals surface area (Å²) in [6.07, 6.45) is 0. The van der Waals surface area contributed by atoms with E-state index in [9.17, 15) is 4.79 Å². The first kappa shape index (κ1) is 15.4. The standard InChI is InChI=1S/C16H17ClN2O2/c1-21-11-16(15(18)20,12-7-3-2-4-8-12)19-14-10-6-5-9-13(14)17/h2-10,19H,11H2,1H3,(H2,18,20). The Balaban J connectivity index is 2.50. The molecular formula is C16H17ClN2O2. The molecule has 1 atom stereocenters. The molecule has 0 bridgehead atoms. The van der Waals surface area contributed by atoms with E-state index in [2.05, 4.69) is 5.32 Å². The van der Waals surface area contributed by atoms with Crippen molar-refractivity contribution in [2.75, 3.05) is 19.0 Å². The first-order chi connectivity index (χ1) is 10.1. The van der Waals surface area contributed by atoms with Gasteiger partial charge in [0.05, 0.1) is 17.3 Å². The van der Waals surface area contributed by atoms with E-state index in [0.717, 1.165) is 5.56 Å². The van der Waals surface area contributed by atoms with Crippen molar-refractivity contribution >= 4 is 23.2 Å². The van der Waals surface area contributed by atoms with Crippen molar-refractivity contribution in [3.05, 3.63) is 65.2 Å². The van der Waals surface area contributed by atoms with Crippen LogP contribution in [0.2, 0.25) is 5.02 Å². The molecule has 1 unspecified atom stereocenters. The molecule has 110 valence electrons. The minimum atomic E-state index is -1.18. The summed E-state index contributed by atoms with van der Waals surface area (Å²) < 4.78 is 5.23. The number of rotatable bonds is 6. The van der Waals surface area contributed by atoms with Crippen molar-refractivity contribution in [2.24, 2.45) is 5.73 Å². The topological polar surface area (TPSA) is 64.3 Å². The van der Waals surface area contributed by atoms with Crippen LogP contribution in [0.1, 0.15) is 5.56 Å². The predicted molar refractivity (Wildman–Crippen MR) is 84.3 cm³/mol. The van der Waals surface area contributed by atoms with Gasteiger partial charge in [-0.3, -0.25) is 4.79 Å². The Kier molecular flexibility index (Phi) is 4.83. The van der Waals surface area contributed by atoms with Gasteiger partial charge in [-0.25, -0.2) is 0 Å². The fourth-order valence-corrected chi connectivity index (χ4v) is 2.38. The highest BCUT2D eigenvalue weighted by Gasteiger charge is 2.39. The number of ether oxygens (including phenoxy) is 1. The number of primary amides is 1. The van der Waals surface area contributed by atoms with Crippen molar-refractivity contribution in [1.82, 2.24) is 0 Å². The minimum absolute atomic E-state index is 0.0948. The van der Waals surface area contributed by atoms with E-state index < -0.39 is 11.4 Å². The molecule has 0 heterocycles. The number of amides is 1. The van der Waals surface area contributed by atoms with E-state index in [0.29, 0.717) is 10.7 Å². The van der Waals surface area contributed by atoms with Crippen LogP contribution in [0.5, 0.6) is 0 Å². The SMILES string of the molecule is COCC(Nc1ccccc1Cl)(C(N)=O)c1ccccc1. The smallest absolute Gasteiger partial charge is 0.250 e. The summed E-state index contributed by atoms with van der Waals surface area (Å²) in [5, 5.41) is 3.66. The van der Waals surface area contributed by atoms with Gasteiger partial charge in [-0.05, 0) is 17.7 Å². The van der Waals surface area contributed by atoms with Crippen LogP contribution in [0.15, 0.2) is 54.6 Å². The Morgan fingerprint density at radius 1 is 1.19 bits per heavy atom. The first-order valence-electron chi connectivity index (χ1n) is 6.47. The number of anilines is 1. The highest BCUT2D eigenvalue weighted by molar-refractivity contribution is 6.33. The molecule has 0 saturated carbocycles.